The van der Waals surface area contributed by atoms with E-state index in [1.165, 1.54) is 32.1 Å². The first-order chi connectivity index (χ1) is 29.2. The molecule has 9 aliphatic carbocycles. The van der Waals surface area contributed by atoms with Crippen LogP contribution in [0.3, 0.4) is 0 Å². The number of alkyl halides is 1. The number of ketones is 1. The summed E-state index contributed by atoms with van der Waals surface area (Å²) in [4.78, 5) is 34.0. The summed E-state index contributed by atoms with van der Waals surface area (Å²) in [5.41, 5.74) is 3.36. The highest BCUT2D eigenvalue weighted by atomic mass is 35.5. The molecular formula is C48H77ClN6O5. The van der Waals surface area contributed by atoms with E-state index in [4.69, 9.17) is 36.9 Å². The molecule has 60 heavy (non-hydrogen) atoms. The summed E-state index contributed by atoms with van der Waals surface area (Å²) in [5, 5.41) is 46.7. The fourth-order valence-electron chi connectivity index (χ4n) is 14.9. The van der Waals surface area contributed by atoms with Crippen molar-refractivity contribution in [3.05, 3.63) is 0 Å². The molecule has 20 unspecified atom stereocenters. The van der Waals surface area contributed by atoms with Gasteiger partial charge in [-0.2, -0.15) is 25.9 Å². The van der Waals surface area contributed by atoms with Crippen molar-refractivity contribution in [2.45, 2.75) is 215 Å². The van der Waals surface area contributed by atoms with Gasteiger partial charge >= 0.3 is 0 Å². The zero-order valence-corrected chi connectivity index (χ0v) is 37.3. The average Bonchev–Trinajstić information content (AvgIpc) is 3.53. The number of nitrogens with one attached hydrogen (secondary N) is 2. The molecule has 0 heterocycles. The van der Waals surface area contributed by atoms with Gasteiger partial charge in [0, 0.05) is 29.8 Å². The molecule has 0 spiro atoms. The Hall–Kier alpha value is -1.53. The van der Waals surface area contributed by atoms with Crippen molar-refractivity contribution in [3.8, 4) is 0 Å². The van der Waals surface area contributed by atoms with Crippen LogP contribution >= 0.6 is 11.6 Å². The monoisotopic (exact) mass is 853 g/mol. The largest absolute Gasteiger partial charge is 0.390 e. The van der Waals surface area contributed by atoms with Gasteiger partial charge in [-0.05, 0) is 131 Å². The highest BCUT2D eigenvalue weighted by Gasteiger charge is 2.54. The predicted molar refractivity (Wildman–Crippen MR) is 231 cm³/mol. The summed E-state index contributed by atoms with van der Waals surface area (Å²) in [6, 6.07) is -0.190. The molecule has 9 fully saturated rings. The number of aliphatic hydroxyl groups excluding tert-OH is 2. The lowest BCUT2D eigenvalue weighted by atomic mass is 9.64. The van der Waals surface area contributed by atoms with E-state index in [1.54, 1.807) is 0 Å². The van der Waals surface area contributed by atoms with Crippen LogP contribution in [-0.4, -0.2) is 82.3 Å². The number of hydrogen-bond acceptors (Lipinski definition) is 10. The number of hydroxylamine groups is 1. The molecule has 0 aromatic rings. The highest BCUT2D eigenvalue weighted by molar-refractivity contribution is 6.21. The van der Waals surface area contributed by atoms with E-state index in [0.717, 1.165) is 121 Å². The van der Waals surface area contributed by atoms with Crippen LogP contribution in [0.2, 0.25) is 0 Å². The van der Waals surface area contributed by atoms with Crippen molar-refractivity contribution >= 4 is 23.3 Å². The van der Waals surface area contributed by atoms with E-state index in [9.17, 15) is 19.8 Å². The molecule has 9 saturated carbocycles. The topological polar surface area (TPSA) is 157 Å². The van der Waals surface area contributed by atoms with Gasteiger partial charge in [0.2, 0.25) is 5.91 Å². The van der Waals surface area contributed by atoms with Crippen LogP contribution in [0, 0.1) is 65.1 Å². The number of carbonyl (C=O) groups is 2. The van der Waals surface area contributed by atoms with Gasteiger partial charge in [0.1, 0.15) is 17.9 Å². The van der Waals surface area contributed by atoms with Crippen molar-refractivity contribution in [1.29, 1.82) is 0 Å². The zero-order chi connectivity index (χ0) is 41.3. The van der Waals surface area contributed by atoms with E-state index < -0.39 is 18.1 Å². The van der Waals surface area contributed by atoms with Gasteiger partial charge in [-0.1, -0.05) is 71.1 Å². The summed E-state index contributed by atoms with van der Waals surface area (Å²) in [5.74, 6) is 3.05. The number of nitrogens with zero attached hydrogens (tertiary/aromatic N) is 4. The molecular weight excluding hydrogens is 776 g/mol. The predicted octanol–water partition coefficient (Wildman–Crippen LogP) is 8.92. The fourth-order valence-corrected chi connectivity index (χ4v) is 15.3. The molecule has 0 saturated heterocycles. The van der Waals surface area contributed by atoms with Gasteiger partial charge in [-0.25, -0.2) is 0 Å². The van der Waals surface area contributed by atoms with Crippen LogP contribution in [0.5, 0.6) is 0 Å². The van der Waals surface area contributed by atoms with Crippen LogP contribution in [0.1, 0.15) is 161 Å². The molecule has 0 bridgehead atoms. The van der Waals surface area contributed by atoms with E-state index in [1.807, 2.05) is 0 Å². The third kappa shape index (κ3) is 9.47. The normalized spacial score (nSPS) is 48.6. The SMILES string of the molecule is CC1CCCC(NOCC2CC3CCCCC3C(N=NC3CCC4C(C3)C(=O)C3CC(N=NC5C(O)C(C(=O)NC6CCCCC6Cl)CC6CCCCC65)CCC34)C2O)C1. The second kappa shape index (κ2) is 19.7. The fraction of sp³-hybridized carbons (Fsp3) is 0.958. The minimum absolute atomic E-state index is 0.0129. The summed E-state index contributed by atoms with van der Waals surface area (Å²) in [6.07, 6.45) is 23.7. The third-order valence-corrected chi connectivity index (χ3v) is 18.7. The lowest BCUT2D eigenvalue weighted by Gasteiger charge is -2.45. The van der Waals surface area contributed by atoms with Gasteiger partial charge in [-0.3, -0.25) is 9.59 Å². The molecule has 0 radical (unpaired) electrons. The second-order valence-corrected chi connectivity index (χ2v) is 22.4. The molecule has 12 heteroatoms. The summed E-state index contributed by atoms with van der Waals surface area (Å²) in [6.45, 7) is 2.84. The first kappa shape index (κ1) is 43.7. The lowest BCUT2D eigenvalue weighted by molar-refractivity contribution is -0.135. The van der Waals surface area contributed by atoms with Crippen LogP contribution < -0.4 is 10.8 Å². The van der Waals surface area contributed by atoms with Crippen LogP contribution in [-0.2, 0) is 14.4 Å². The van der Waals surface area contributed by atoms with Crippen LogP contribution in [0.25, 0.3) is 0 Å². The molecule has 0 aromatic heterocycles. The Balaban J connectivity index is 0.806. The highest BCUT2D eigenvalue weighted by Crippen LogP contribution is 2.54. The molecule has 1 amide bonds. The van der Waals surface area contributed by atoms with Crippen molar-refractivity contribution in [1.82, 2.24) is 10.8 Å². The maximum absolute atomic E-state index is 14.2. The molecule has 4 N–H and O–H groups in total. The smallest absolute Gasteiger partial charge is 0.226 e. The van der Waals surface area contributed by atoms with Gasteiger partial charge in [0.05, 0.1) is 42.2 Å². The number of aliphatic hydroxyl groups is 2. The number of halogens is 1. The van der Waals surface area contributed by atoms with E-state index in [2.05, 4.69) is 17.7 Å². The Labute approximate surface area is 364 Å². The molecule has 0 aromatic carbocycles. The first-order valence-electron chi connectivity index (χ1n) is 25.2. The van der Waals surface area contributed by atoms with Gasteiger partial charge in [0.15, 0.2) is 0 Å². The minimum Gasteiger partial charge on any atom is -0.390 e. The van der Waals surface area contributed by atoms with Crippen molar-refractivity contribution in [2.24, 2.45) is 85.6 Å². The molecule has 20 atom stereocenters. The van der Waals surface area contributed by atoms with Gasteiger partial charge in [0.25, 0.3) is 0 Å². The van der Waals surface area contributed by atoms with Crippen molar-refractivity contribution in [3.63, 3.8) is 0 Å². The molecule has 9 rings (SSSR count). The number of carbonyl (C=O) groups excluding carboxylic acids is 2. The summed E-state index contributed by atoms with van der Waals surface area (Å²) in [7, 11) is 0. The Morgan fingerprint density at radius 3 is 1.90 bits per heavy atom. The van der Waals surface area contributed by atoms with E-state index in [-0.39, 0.29) is 65.2 Å². The van der Waals surface area contributed by atoms with Gasteiger partial charge in [-0.15, -0.1) is 11.6 Å². The summed E-state index contributed by atoms with van der Waals surface area (Å²) < 4.78 is 0. The second-order valence-electron chi connectivity index (χ2n) is 21.9. The Morgan fingerprint density at radius 2 is 1.25 bits per heavy atom. The molecule has 0 aliphatic heterocycles. The number of rotatable bonds is 10. The number of hydrogen-bond donors (Lipinski definition) is 4. The van der Waals surface area contributed by atoms with Crippen molar-refractivity contribution in [2.75, 3.05) is 6.61 Å². The standard InChI is InChI=1S/C48H77ClN6O5/c1-27-9-8-12-33(21-27)55-60-26-30-22-28-10-2-4-13-34(28)43(45(30)56)53-51-31-17-19-36-37-20-18-32(25-39(37)46(57)38(36)24-31)52-54-44-35-14-5-3-11-29(35)23-40(47(44)58)48(59)50-42-16-7-6-15-41(42)49/h27-45,47,55-56,58H,2-26H2,1H3,(H,50,59). The quantitative estimate of drug-likeness (QED) is 0.0977. The number of amides is 1. The zero-order valence-electron chi connectivity index (χ0n) is 36.5. The first-order valence-corrected chi connectivity index (χ1v) is 25.7. The minimum atomic E-state index is -0.853. The average molecular weight is 854 g/mol. The molecule has 9 aliphatic rings. The lowest BCUT2D eigenvalue weighted by Crippen LogP contribution is -2.55. The van der Waals surface area contributed by atoms with Crippen molar-refractivity contribution < 1.29 is 24.6 Å². The summed E-state index contributed by atoms with van der Waals surface area (Å²) >= 11 is 6.62. The maximum Gasteiger partial charge on any atom is 0.226 e. The number of fused-ring (bicyclic) bond motifs is 5. The van der Waals surface area contributed by atoms with Crippen LogP contribution in [0.15, 0.2) is 20.5 Å². The van der Waals surface area contributed by atoms with E-state index >= 15 is 0 Å². The number of azo groups is 2. The third-order valence-electron chi connectivity index (χ3n) is 18.2. The van der Waals surface area contributed by atoms with E-state index in [0.29, 0.717) is 54.4 Å². The Bertz CT molecular complexity index is 1540. The number of Topliss-reactive ketones (excluding diaryl/α,β-unsaturated/α-hetero) is 1. The Morgan fingerprint density at radius 1 is 0.650 bits per heavy atom. The molecule has 11 nitrogen and oxygen atoms in total. The maximum atomic E-state index is 14.2. The Kier molecular flexibility index (Phi) is 14.3. The van der Waals surface area contributed by atoms with Gasteiger partial charge < -0.3 is 20.4 Å². The molecule has 336 valence electrons. The van der Waals surface area contributed by atoms with Crippen LogP contribution in [0.4, 0.5) is 0 Å².